The predicted molar refractivity (Wildman–Crippen MR) is 123 cm³/mol. The van der Waals surface area contributed by atoms with E-state index in [0.717, 1.165) is 32.1 Å². The fourth-order valence-corrected chi connectivity index (χ4v) is 4.35. The molecular weight excluding hydrogens is 383 g/mol. The molecule has 0 fully saturated rings. The minimum atomic E-state index is -4.09. The van der Waals surface area contributed by atoms with Crippen molar-refractivity contribution in [2.24, 2.45) is 0 Å². The summed E-state index contributed by atoms with van der Waals surface area (Å²) in [6.45, 7) is 4.97. The lowest BCUT2D eigenvalue weighted by atomic mass is 10.0. The average molecular weight is 434 g/mol. The van der Waals surface area contributed by atoms with Crippen LogP contribution in [0.25, 0.3) is 0 Å². The molecule has 0 spiro atoms. The van der Waals surface area contributed by atoms with E-state index in [4.69, 9.17) is 9.05 Å². The van der Waals surface area contributed by atoms with Gasteiger partial charge in [0.1, 0.15) is 0 Å². The van der Waals surface area contributed by atoms with Gasteiger partial charge in [0.05, 0.1) is 13.2 Å². The highest BCUT2D eigenvalue weighted by atomic mass is 31.2. The van der Waals surface area contributed by atoms with Crippen LogP contribution in [-0.2, 0) is 13.6 Å². The summed E-state index contributed by atoms with van der Waals surface area (Å²) in [7, 11) is -4.09. The van der Waals surface area contributed by atoms with Crippen molar-refractivity contribution >= 4 is 7.82 Å². The van der Waals surface area contributed by atoms with Gasteiger partial charge in [-0.15, -0.1) is 0 Å². The number of hydrogen-bond donors (Lipinski definition) is 0. The quantitative estimate of drug-likeness (QED) is 0.113. The SMILES string of the molecule is CCCCCCCCCCCCCCCCOP(=O)([O-])OCCCCCCCC. The van der Waals surface area contributed by atoms with E-state index in [2.05, 4.69) is 13.8 Å². The lowest BCUT2D eigenvalue weighted by molar-refractivity contribution is -0.225. The smallest absolute Gasteiger partial charge is 0.267 e. The van der Waals surface area contributed by atoms with Crippen LogP contribution in [-0.4, -0.2) is 13.2 Å². The molecule has 0 rings (SSSR count). The highest BCUT2D eigenvalue weighted by Gasteiger charge is 2.08. The molecule has 176 valence electrons. The van der Waals surface area contributed by atoms with Crippen molar-refractivity contribution in [3.63, 3.8) is 0 Å². The Labute approximate surface area is 182 Å². The molecule has 1 unspecified atom stereocenters. The molecule has 0 saturated heterocycles. The third-order valence-corrected chi connectivity index (χ3v) is 6.49. The largest absolute Gasteiger partial charge is 0.756 e. The van der Waals surface area contributed by atoms with E-state index in [0.29, 0.717) is 0 Å². The maximum Gasteiger partial charge on any atom is 0.267 e. The van der Waals surface area contributed by atoms with Gasteiger partial charge >= 0.3 is 0 Å². The lowest BCUT2D eigenvalue weighted by Crippen LogP contribution is -2.10. The summed E-state index contributed by atoms with van der Waals surface area (Å²) in [6.07, 6.45) is 24.7. The number of phosphoric acid groups is 1. The monoisotopic (exact) mass is 433 g/mol. The predicted octanol–water partition coefficient (Wildman–Crippen LogP) is 8.33. The molecule has 0 aliphatic rings. The molecule has 0 bridgehead atoms. The first-order chi connectivity index (χ1) is 14.1. The lowest BCUT2D eigenvalue weighted by Gasteiger charge is -2.22. The molecule has 0 aliphatic carbocycles. The van der Waals surface area contributed by atoms with Crippen LogP contribution in [0.5, 0.6) is 0 Å². The molecule has 0 aromatic carbocycles. The van der Waals surface area contributed by atoms with Gasteiger partial charge < -0.3 is 13.9 Å². The molecule has 1 atom stereocenters. The van der Waals surface area contributed by atoms with Gasteiger partial charge in [-0.25, -0.2) is 0 Å². The first kappa shape index (κ1) is 29.1. The van der Waals surface area contributed by atoms with Crippen LogP contribution in [0.4, 0.5) is 0 Å². The van der Waals surface area contributed by atoms with E-state index in [-0.39, 0.29) is 13.2 Å². The minimum absolute atomic E-state index is 0.256. The van der Waals surface area contributed by atoms with Gasteiger partial charge in [-0.1, -0.05) is 129 Å². The standard InChI is InChI=1S/C24H51O4P/c1-3-5-7-9-11-12-13-14-15-16-17-18-20-22-24-28-29(25,26)27-23-21-19-10-8-6-4-2/h3-24H2,1-2H3,(H,25,26)/p-1. The maximum atomic E-state index is 11.7. The molecule has 0 N–H and O–H groups in total. The van der Waals surface area contributed by atoms with Crippen molar-refractivity contribution in [1.82, 2.24) is 0 Å². The summed E-state index contributed by atoms with van der Waals surface area (Å²) >= 11 is 0. The zero-order valence-corrected chi connectivity index (χ0v) is 20.5. The topological polar surface area (TPSA) is 58.6 Å². The van der Waals surface area contributed by atoms with Gasteiger partial charge in [0.2, 0.25) is 0 Å². The van der Waals surface area contributed by atoms with Crippen LogP contribution in [0.2, 0.25) is 0 Å². The van der Waals surface area contributed by atoms with Crippen LogP contribution >= 0.6 is 7.82 Å². The van der Waals surface area contributed by atoms with Crippen molar-refractivity contribution in [1.29, 1.82) is 0 Å². The van der Waals surface area contributed by atoms with Gasteiger partial charge in [0, 0.05) is 0 Å². The Hall–Kier alpha value is 0.110. The Morgan fingerprint density at radius 3 is 1.00 bits per heavy atom. The average Bonchev–Trinajstić information content (AvgIpc) is 2.70. The molecule has 4 nitrogen and oxygen atoms in total. The first-order valence-electron chi connectivity index (χ1n) is 12.7. The number of hydrogen-bond acceptors (Lipinski definition) is 4. The number of rotatable bonds is 24. The molecule has 5 heteroatoms. The van der Waals surface area contributed by atoms with Gasteiger partial charge in [-0.3, -0.25) is 4.57 Å². The van der Waals surface area contributed by atoms with Crippen molar-refractivity contribution in [2.45, 2.75) is 142 Å². The Balaban J connectivity index is 3.27. The van der Waals surface area contributed by atoms with Crippen LogP contribution in [0.15, 0.2) is 0 Å². The van der Waals surface area contributed by atoms with Crippen molar-refractivity contribution in [2.75, 3.05) is 13.2 Å². The summed E-state index contributed by atoms with van der Waals surface area (Å²) in [6, 6.07) is 0. The molecular formula is C24H50O4P-. The molecule has 0 heterocycles. The van der Waals surface area contributed by atoms with Gasteiger partial charge in [0.15, 0.2) is 0 Å². The molecule has 0 radical (unpaired) electrons. The fraction of sp³-hybridized carbons (Fsp3) is 1.00. The normalized spacial score (nSPS) is 13.6. The second-order valence-corrected chi connectivity index (χ2v) is 9.89. The second-order valence-electron chi connectivity index (χ2n) is 8.48. The summed E-state index contributed by atoms with van der Waals surface area (Å²) < 4.78 is 21.6. The number of phosphoric ester groups is 1. The molecule has 0 aromatic heterocycles. The highest BCUT2D eigenvalue weighted by molar-refractivity contribution is 7.45. The minimum Gasteiger partial charge on any atom is -0.756 e. The summed E-state index contributed by atoms with van der Waals surface area (Å²) in [4.78, 5) is 11.7. The first-order valence-corrected chi connectivity index (χ1v) is 14.2. The molecule has 29 heavy (non-hydrogen) atoms. The molecule has 0 aromatic rings. The van der Waals surface area contributed by atoms with Gasteiger partial charge in [-0.05, 0) is 12.8 Å². The van der Waals surface area contributed by atoms with E-state index in [1.807, 2.05) is 0 Å². The zero-order chi connectivity index (χ0) is 21.5. The fourth-order valence-electron chi connectivity index (χ4n) is 3.57. The molecule has 0 amide bonds. The molecule has 0 saturated carbocycles. The van der Waals surface area contributed by atoms with E-state index < -0.39 is 7.82 Å². The summed E-state index contributed by atoms with van der Waals surface area (Å²) in [5.41, 5.74) is 0. The second kappa shape index (κ2) is 22.8. The van der Waals surface area contributed by atoms with E-state index in [9.17, 15) is 9.46 Å². The summed E-state index contributed by atoms with van der Waals surface area (Å²) in [5.74, 6) is 0. The van der Waals surface area contributed by atoms with E-state index >= 15 is 0 Å². The van der Waals surface area contributed by atoms with Crippen LogP contribution in [0.3, 0.4) is 0 Å². The summed E-state index contributed by atoms with van der Waals surface area (Å²) in [5, 5.41) is 0. The van der Waals surface area contributed by atoms with Crippen LogP contribution < -0.4 is 4.89 Å². The number of unbranched alkanes of at least 4 members (excludes halogenated alkanes) is 18. The van der Waals surface area contributed by atoms with Gasteiger partial charge in [0.25, 0.3) is 7.82 Å². The van der Waals surface area contributed by atoms with Crippen LogP contribution in [0, 0.1) is 0 Å². The highest BCUT2D eigenvalue weighted by Crippen LogP contribution is 2.38. The van der Waals surface area contributed by atoms with E-state index in [1.165, 1.54) is 96.3 Å². The third-order valence-electron chi connectivity index (χ3n) is 5.49. The molecule has 0 aliphatic heterocycles. The Morgan fingerprint density at radius 1 is 0.483 bits per heavy atom. The van der Waals surface area contributed by atoms with Crippen molar-refractivity contribution in [3.05, 3.63) is 0 Å². The van der Waals surface area contributed by atoms with E-state index in [1.54, 1.807) is 0 Å². The van der Waals surface area contributed by atoms with Crippen LogP contribution in [0.1, 0.15) is 142 Å². The van der Waals surface area contributed by atoms with Crippen molar-refractivity contribution < 1.29 is 18.5 Å². The Morgan fingerprint density at radius 2 is 0.724 bits per heavy atom. The Kier molecular flexibility index (Phi) is 22.9. The maximum absolute atomic E-state index is 11.7. The Bertz CT molecular complexity index is 363. The van der Waals surface area contributed by atoms with Gasteiger partial charge in [-0.2, -0.15) is 0 Å². The zero-order valence-electron chi connectivity index (χ0n) is 19.6. The van der Waals surface area contributed by atoms with Crippen molar-refractivity contribution in [3.8, 4) is 0 Å². The third kappa shape index (κ3) is 24.3.